The highest BCUT2D eigenvalue weighted by Gasteiger charge is 2.34. The molecule has 132 valence electrons. The van der Waals surface area contributed by atoms with Gasteiger partial charge in [-0.1, -0.05) is 12.1 Å². The average Bonchev–Trinajstić information content (AvgIpc) is 3.23. The lowest BCUT2D eigenvalue weighted by Gasteiger charge is -2.16. The summed E-state index contributed by atoms with van der Waals surface area (Å²) in [5.74, 6) is 0.339. The summed E-state index contributed by atoms with van der Waals surface area (Å²) in [6.45, 7) is 1.31. The van der Waals surface area contributed by atoms with E-state index in [0.717, 1.165) is 17.0 Å². The molecule has 1 aromatic carbocycles. The van der Waals surface area contributed by atoms with Crippen LogP contribution < -0.4 is 10.2 Å². The highest BCUT2D eigenvalue weighted by Crippen LogP contribution is 2.21. The molecule has 25 heavy (non-hydrogen) atoms. The SMILES string of the molecule is CN(C)c1cccc(CNC(=O)C2CC(=O)N(Cc3ccco3)C2)c1. The molecule has 2 heterocycles. The monoisotopic (exact) mass is 341 g/mol. The zero-order chi connectivity index (χ0) is 17.8. The first-order valence-electron chi connectivity index (χ1n) is 8.37. The Morgan fingerprint density at radius 1 is 1.32 bits per heavy atom. The summed E-state index contributed by atoms with van der Waals surface area (Å²) in [4.78, 5) is 28.2. The zero-order valence-electron chi connectivity index (χ0n) is 14.6. The van der Waals surface area contributed by atoms with E-state index >= 15 is 0 Å². The number of furan rings is 1. The molecule has 1 N–H and O–H groups in total. The molecule has 2 amide bonds. The smallest absolute Gasteiger partial charge is 0.225 e. The van der Waals surface area contributed by atoms with Gasteiger partial charge in [0.2, 0.25) is 11.8 Å². The van der Waals surface area contributed by atoms with E-state index in [1.54, 1.807) is 17.2 Å². The molecule has 6 heteroatoms. The van der Waals surface area contributed by atoms with E-state index in [-0.39, 0.29) is 24.2 Å². The van der Waals surface area contributed by atoms with Crippen LogP contribution in [0.25, 0.3) is 0 Å². The van der Waals surface area contributed by atoms with Crippen LogP contribution in [0.1, 0.15) is 17.7 Å². The van der Waals surface area contributed by atoms with Crippen molar-refractivity contribution in [1.82, 2.24) is 10.2 Å². The van der Waals surface area contributed by atoms with E-state index < -0.39 is 0 Å². The number of hydrogen-bond donors (Lipinski definition) is 1. The molecule has 0 aliphatic carbocycles. The van der Waals surface area contributed by atoms with Gasteiger partial charge in [-0.2, -0.15) is 0 Å². The number of carbonyl (C=O) groups excluding carboxylic acids is 2. The largest absolute Gasteiger partial charge is 0.467 e. The van der Waals surface area contributed by atoms with E-state index in [0.29, 0.717) is 19.6 Å². The number of anilines is 1. The van der Waals surface area contributed by atoms with Gasteiger partial charge in [-0.15, -0.1) is 0 Å². The molecule has 0 spiro atoms. The van der Waals surface area contributed by atoms with Gasteiger partial charge in [0.1, 0.15) is 5.76 Å². The standard InChI is InChI=1S/C19H23N3O3/c1-21(2)16-6-3-5-14(9-16)11-20-19(24)15-10-18(23)22(12-15)13-17-7-4-8-25-17/h3-9,15H,10-13H2,1-2H3,(H,20,24). The Labute approximate surface area is 147 Å². The van der Waals surface area contributed by atoms with Crippen LogP contribution in [0, 0.1) is 5.92 Å². The first-order chi connectivity index (χ1) is 12.0. The summed E-state index contributed by atoms with van der Waals surface area (Å²) in [6.07, 6.45) is 1.84. The molecule has 0 saturated carbocycles. The second-order valence-corrected chi connectivity index (χ2v) is 6.54. The van der Waals surface area contributed by atoms with Crippen LogP contribution in [-0.2, 0) is 22.7 Å². The lowest BCUT2D eigenvalue weighted by atomic mass is 10.1. The van der Waals surface area contributed by atoms with Crippen molar-refractivity contribution >= 4 is 17.5 Å². The van der Waals surface area contributed by atoms with Gasteiger partial charge in [0.15, 0.2) is 0 Å². The van der Waals surface area contributed by atoms with Gasteiger partial charge in [-0.3, -0.25) is 9.59 Å². The Kier molecular flexibility index (Phi) is 5.07. The van der Waals surface area contributed by atoms with Crippen LogP contribution in [-0.4, -0.2) is 37.4 Å². The number of amides is 2. The predicted molar refractivity (Wildman–Crippen MR) is 94.8 cm³/mol. The van der Waals surface area contributed by atoms with Crippen LogP contribution in [0.15, 0.2) is 47.1 Å². The van der Waals surface area contributed by atoms with Crippen LogP contribution >= 0.6 is 0 Å². The normalized spacial score (nSPS) is 17.0. The summed E-state index contributed by atoms with van der Waals surface area (Å²) >= 11 is 0. The maximum absolute atomic E-state index is 12.4. The molecule has 0 bridgehead atoms. The fraction of sp³-hybridized carbons (Fsp3) is 0.368. The molecule has 1 unspecified atom stereocenters. The quantitative estimate of drug-likeness (QED) is 0.873. The number of nitrogens with one attached hydrogen (secondary N) is 1. The minimum atomic E-state index is -0.306. The van der Waals surface area contributed by atoms with Crippen LogP contribution in [0.5, 0.6) is 0 Å². The molecular formula is C19H23N3O3. The molecule has 1 aliphatic rings. The number of nitrogens with zero attached hydrogens (tertiary/aromatic N) is 2. The molecule has 0 radical (unpaired) electrons. The molecule has 1 aromatic heterocycles. The first kappa shape index (κ1) is 17.1. The second-order valence-electron chi connectivity index (χ2n) is 6.54. The Hall–Kier alpha value is -2.76. The molecule has 1 fully saturated rings. The van der Waals surface area contributed by atoms with Crippen molar-refractivity contribution in [2.45, 2.75) is 19.5 Å². The van der Waals surface area contributed by atoms with Gasteiger partial charge in [0.25, 0.3) is 0 Å². The minimum absolute atomic E-state index is 0.00819. The maximum atomic E-state index is 12.4. The molecule has 3 rings (SSSR count). The summed E-state index contributed by atoms with van der Waals surface area (Å²) in [5, 5.41) is 2.95. The summed E-state index contributed by atoms with van der Waals surface area (Å²) in [5.41, 5.74) is 2.13. The zero-order valence-corrected chi connectivity index (χ0v) is 14.6. The number of hydrogen-bond acceptors (Lipinski definition) is 4. The lowest BCUT2D eigenvalue weighted by Crippen LogP contribution is -2.32. The van der Waals surface area contributed by atoms with Gasteiger partial charge < -0.3 is 19.5 Å². The van der Waals surface area contributed by atoms with Crippen LogP contribution in [0.3, 0.4) is 0 Å². The highest BCUT2D eigenvalue weighted by molar-refractivity contribution is 5.89. The van der Waals surface area contributed by atoms with Crippen molar-refractivity contribution in [3.05, 3.63) is 54.0 Å². The van der Waals surface area contributed by atoms with Crippen molar-refractivity contribution < 1.29 is 14.0 Å². The number of carbonyl (C=O) groups is 2. The first-order valence-corrected chi connectivity index (χ1v) is 8.37. The van der Waals surface area contributed by atoms with Crippen molar-refractivity contribution in [2.75, 3.05) is 25.5 Å². The van der Waals surface area contributed by atoms with E-state index in [4.69, 9.17) is 4.42 Å². The molecule has 1 aliphatic heterocycles. The maximum Gasteiger partial charge on any atom is 0.225 e. The fourth-order valence-corrected chi connectivity index (χ4v) is 2.97. The van der Waals surface area contributed by atoms with Crippen molar-refractivity contribution in [1.29, 1.82) is 0 Å². The fourth-order valence-electron chi connectivity index (χ4n) is 2.97. The number of rotatable bonds is 6. The number of likely N-dealkylation sites (tertiary alicyclic amines) is 1. The Balaban J connectivity index is 1.53. The predicted octanol–water partition coefficient (Wildman–Crippen LogP) is 2.01. The lowest BCUT2D eigenvalue weighted by molar-refractivity contribution is -0.129. The molecule has 2 aromatic rings. The third-order valence-electron chi connectivity index (χ3n) is 4.41. The molecule has 1 saturated heterocycles. The van der Waals surface area contributed by atoms with Crippen LogP contribution in [0.2, 0.25) is 0 Å². The van der Waals surface area contributed by atoms with E-state index in [1.165, 1.54) is 0 Å². The van der Waals surface area contributed by atoms with Crippen LogP contribution in [0.4, 0.5) is 5.69 Å². The third kappa shape index (κ3) is 4.21. The Bertz CT molecular complexity index is 740. The second kappa shape index (κ2) is 7.42. The van der Waals surface area contributed by atoms with Crippen molar-refractivity contribution in [3.63, 3.8) is 0 Å². The number of benzene rings is 1. The molecule has 6 nitrogen and oxygen atoms in total. The van der Waals surface area contributed by atoms with Crippen molar-refractivity contribution in [2.24, 2.45) is 5.92 Å². The van der Waals surface area contributed by atoms with Gasteiger partial charge >= 0.3 is 0 Å². The van der Waals surface area contributed by atoms with E-state index in [1.807, 2.05) is 49.3 Å². The topological polar surface area (TPSA) is 65.8 Å². The minimum Gasteiger partial charge on any atom is -0.467 e. The Morgan fingerprint density at radius 3 is 2.88 bits per heavy atom. The summed E-state index contributed by atoms with van der Waals surface area (Å²) in [6, 6.07) is 11.6. The summed E-state index contributed by atoms with van der Waals surface area (Å²) < 4.78 is 5.28. The van der Waals surface area contributed by atoms with E-state index in [9.17, 15) is 9.59 Å². The third-order valence-corrected chi connectivity index (χ3v) is 4.41. The molecular weight excluding hydrogens is 318 g/mol. The van der Waals surface area contributed by atoms with Gasteiger partial charge in [-0.05, 0) is 29.8 Å². The average molecular weight is 341 g/mol. The van der Waals surface area contributed by atoms with Gasteiger partial charge in [0, 0.05) is 39.3 Å². The van der Waals surface area contributed by atoms with E-state index in [2.05, 4.69) is 5.32 Å². The van der Waals surface area contributed by atoms with Gasteiger partial charge in [0.05, 0.1) is 18.7 Å². The summed E-state index contributed by atoms with van der Waals surface area (Å²) in [7, 11) is 3.96. The molecule has 1 atom stereocenters. The highest BCUT2D eigenvalue weighted by atomic mass is 16.3. The Morgan fingerprint density at radius 2 is 2.16 bits per heavy atom. The van der Waals surface area contributed by atoms with Gasteiger partial charge in [-0.25, -0.2) is 0 Å². The van der Waals surface area contributed by atoms with Crippen molar-refractivity contribution in [3.8, 4) is 0 Å².